The van der Waals surface area contributed by atoms with Crippen LogP contribution >= 0.6 is 0 Å². The molecule has 0 fully saturated rings. The van der Waals surface area contributed by atoms with Gasteiger partial charge in [0.1, 0.15) is 11.5 Å². The molecule has 0 saturated heterocycles. The number of nitrogens with two attached hydrogens (primary N) is 1. The number of hydrogen-bond donors (Lipinski definition) is 1. The Balaban J connectivity index is 2.86. The highest BCUT2D eigenvalue weighted by molar-refractivity contribution is 5.39. The van der Waals surface area contributed by atoms with Crippen molar-refractivity contribution in [1.82, 2.24) is 0 Å². The third kappa shape index (κ3) is 3.89. The van der Waals surface area contributed by atoms with Crippen molar-refractivity contribution in [3.8, 4) is 11.5 Å². The van der Waals surface area contributed by atoms with E-state index >= 15 is 0 Å². The highest BCUT2D eigenvalue weighted by atomic mass is 16.5. The van der Waals surface area contributed by atoms with Crippen LogP contribution in [0.1, 0.15) is 24.9 Å². The Morgan fingerprint density at radius 3 is 2.06 bits per heavy atom. The van der Waals surface area contributed by atoms with Gasteiger partial charge in [0.25, 0.3) is 0 Å². The molecule has 2 atom stereocenters. The first-order valence-electron chi connectivity index (χ1n) is 6.09. The van der Waals surface area contributed by atoms with Crippen LogP contribution in [-0.4, -0.2) is 27.9 Å². The van der Waals surface area contributed by atoms with Gasteiger partial charge in [0.15, 0.2) is 0 Å². The minimum Gasteiger partial charge on any atom is -0.497 e. The molecule has 2 N–H and O–H groups in total. The monoisotopic (exact) mass is 253 g/mol. The van der Waals surface area contributed by atoms with Crippen LogP contribution in [-0.2, 0) is 4.74 Å². The van der Waals surface area contributed by atoms with Gasteiger partial charge in [-0.05, 0) is 30.0 Å². The second-order valence-corrected chi connectivity index (χ2v) is 4.43. The third-order valence-electron chi connectivity index (χ3n) is 3.15. The number of benzene rings is 1. The highest BCUT2D eigenvalue weighted by Crippen LogP contribution is 2.29. The fraction of sp³-hybridized carbons (Fsp3) is 0.571. The van der Waals surface area contributed by atoms with E-state index in [1.807, 2.05) is 18.2 Å². The molecular formula is C14H23NO3. The maximum absolute atomic E-state index is 6.26. The molecule has 18 heavy (non-hydrogen) atoms. The summed E-state index contributed by atoms with van der Waals surface area (Å²) in [6, 6.07) is 5.70. The topological polar surface area (TPSA) is 53.7 Å². The Hall–Kier alpha value is -1.26. The van der Waals surface area contributed by atoms with Crippen molar-refractivity contribution in [3.63, 3.8) is 0 Å². The van der Waals surface area contributed by atoms with Gasteiger partial charge >= 0.3 is 0 Å². The smallest absolute Gasteiger partial charge is 0.122 e. The van der Waals surface area contributed by atoms with Crippen LogP contribution in [0.2, 0.25) is 0 Å². The zero-order chi connectivity index (χ0) is 13.5. The molecule has 0 heterocycles. The van der Waals surface area contributed by atoms with Crippen molar-refractivity contribution in [2.75, 3.05) is 27.9 Å². The molecule has 0 radical (unpaired) electrons. The molecule has 0 aliphatic rings. The molecule has 0 aromatic heterocycles. The number of rotatable bonds is 7. The van der Waals surface area contributed by atoms with Crippen molar-refractivity contribution >= 4 is 0 Å². The summed E-state index contributed by atoms with van der Waals surface area (Å²) < 4.78 is 15.6. The third-order valence-corrected chi connectivity index (χ3v) is 3.15. The first kappa shape index (κ1) is 14.8. The summed E-state index contributed by atoms with van der Waals surface area (Å²) in [7, 11) is 4.98. The summed E-state index contributed by atoms with van der Waals surface area (Å²) >= 11 is 0. The van der Waals surface area contributed by atoms with E-state index in [4.69, 9.17) is 19.9 Å². The standard InChI is InChI=1S/C14H23NO3/c1-10(5-6-16-2)14(15)11-7-12(17-3)9-13(8-11)18-4/h7-10,14H,5-6,15H2,1-4H3. The fourth-order valence-corrected chi connectivity index (χ4v) is 1.83. The Bertz CT molecular complexity index is 346. The lowest BCUT2D eigenvalue weighted by Gasteiger charge is -2.21. The first-order valence-corrected chi connectivity index (χ1v) is 6.09. The lowest BCUT2D eigenvalue weighted by atomic mass is 9.92. The molecule has 0 bridgehead atoms. The first-order chi connectivity index (χ1) is 8.62. The molecule has 2 unspecified atom stereocenters. The van der Waals surface area contributed by atoms with Gasteiger partial charge in [-0.3, -0.25) is 0 Å². The maximum atomic E-state index is 6.26. The summed E-state index contributed by atoms with van der Waals surface area (Å²) in [5, 5.41) is 0. The van der Waals surface area contributed by atoms with E-state index in [9.17, 15) is 0 Å². The van der Waals surface area contributed by atoms with Crippen molar-refractivity contribution in [3.05, 3.63) is 23.8 Å². The quantitative estimate of drug-likeness (QED) is 0.810. The Kier molecular flexibility index (Phi) is 5.95. The molecule has 0 aliphatic carbocycles. The molecule has 4 nitrogen and oxygen atoms in total. The number of methoxy groups -OCH3 is 3. The Labute approximate surface area is 109 Å². The summed E-state index contributed by atoms with van der Waals surface area (Å²) in [6.07, 6.45) is 0.928. The lowest BCUT2D eigenvalue weighted by molar-refractivity contribution is 0.174. The summed E-state index contributed by atoms with van der Waals surface area (Å²) in [6.45, 7) is 2.84. The van der Waals surface area contributed by atoms with E-state index < -0.39 is 0 Å². The van der Waals surface area contributed by atoms with E-state index in [0.717, 1.165) is 30.1 Å². The van der Waals surface area contributed by atoms with Gasteiger partial charge in [0.2, 0.25) is 0 Å². The lowest BCUT2D eigenvalue weighted by Crippen LogP contribution is -2.20. The predicted octanol–water partition coefficient (Wildman–Crippen LogP) is 2.38. The van der Waals surface area contributed by atoms with Gasteiger partial charge in [0, 0.05) is 25.8 Å². The van der Waals surface area contributed by atoms with Gasteiger partial charge < -0.3 is 19.9 Å². The molecule has 4 heteroatoms. The van der Waals surface area contributed by atoms with Crippen molar-refractivity contribution in [2.45, 2.75) is 19.4 Å². The molecule has 102 valence electrons. The number of ether oxygens (including phenoxy) is 3. The largest absolute Gasteiger partial charge is 0.497 e. The maximum Gasteiger partial charge on any atom is 0.122 e. The molecule has 0 amide bonds. The summed E-state index contributed by atoms with van der Waals surface area (Å²) in [4.78, 5) is 0. The van der Waals surface area contributed by atoms with Gasteiger partial charge in [-0.15, -0.1) is 0 Å². The number of hydrogen-bond acceptors (Lipinski definition) is 4. The normalized spacial score (nSPS) is 14.1. The van der Waals surface area contributed by atoms with Crippen LogP contribution in [0.5, 0.6) is 11.5 Å². The fourth-order valence-electron chi connectivity index (χ4n) is 1.83. The summed E-state index contributed by atoms with van der Waals surface area (Å²) in [5.41, 5.74) is 7.28. The van der Waals surface area contributed by atoms with Crippen LogP contribution < -0.4 is 15.2 Å². The second kappa shape index (κ2) is 7.24. The molecule has 1 aromatic rings. The van der Waals surface area contributed by atoms with Gasteiger partial charge in [-0.2, -0.15) is 0 Å². The van der Waals surface area contributed by atoms with Crippen LogP contribution in [0.4, 0.5) is 0 Å². The van der Waals surface area contributed by atoms with E-state index in [-0.39, 0.29) is 6.04 Å². The van der Waals surface area contributed by atoms with Crippen molar-refractivity contribution in [2.24, 2.45) is 11.7 Å². The van der Waals surface area contributed by atoms with Crippen LogP contribution in [0.3, 0.4) is 0 Å². The second-order valence-electron chi connectivity index (χ2n) is 4.43. The average molecular weight is 253 g/mol. The molecule has 0 aliphatic heterocycles. The zero-order valence-electron chi connectivity index (χ0n) is 11.6. The highest BCUT2D eigenvalue weighted by Gasteiger charge is 2.16. The zero-order valence-corrected chi connectivity index (χ0v) is 11.6. The van der Waals surface area contributed by atoms with Gasteiger partial charge in [0.05, 0.1) is 14.2 Å². The average Bonchev–Trinajstić information content (AvgIpc) is 2.43. The van der Waals surface area contributed by atoms with Crippen LogP contribution in [0.15, 0.2) is 18.2 Å². The van der Waals surface area contributed by atoms with Crippen LogP contribution in [0, 0.1) is 5.92 Å². The summed E-state index contributed by atoms with van der Waals surface area (Å²) in [5.74, 6) is 1.86. The Morgan fingerprint density at radius 2 is 1.61 bits per heavy atom. The minimum absolute atomic E-state index is 0.0517. The molecule has 0 saturated carbocycles. The van der Waals surface area contributed by atoms with Crippen molar-refractivity contribution < 1.29 is 14.2 Å². The molecule has 1 rings (SSSR count). The van der Waals surface area contributed by atoms with Crippen LogP contribution in [0.25, 0.3) is 0 Å². The molecule has 0 spiro atoms. The molecule has 1 aromatic carbocycles. The molecular weight excluding hydrogens is 230 g/mol. The minimum atomic E-state index is -0.0517. The van der Waals surface area contributed by atoms with E-state index in [1.54, 1.807) is 21.3 Å². The SMILES string of the molecule is COCCC(C)C(N)c1cc(OC)cc(OC)c1. The van der Waals surface area contributed by atoms with E-state index in [2.05, 4.69) is 6.92 Å². The predicted molar refractivity (Wildman–Crippen MR) is 72.1 cm³/mol. The van der Waals surface area contributed by atoms with Gasteiger partial charge in [-0.25, -0.2) is 0 Å². The van der Waals surface area contributed by atoms with E-state index in [1.165, 1.54) is 0 Å². The van der Waals surface area contributed by atoms with Crippen molar-refractivity contribution in [1.29, 1.82) is 0 Å². The Morgan fingerprint density at radius 1 is 1.06 bits per heavy atom. The van der Waals surface area contributed by atoms with E-state index in [0.29, 0.717) is 5.92 Å². The van der Waals surface area contributed by atoms with Gasteiger partial charge in [-0.1, -0.05) is 6.92 Å².